The first-order chi connectivity index (χ1) is 13.2. The first-order valence-electron chi connectivity index (χ1n) is 9.12. The van der Waals surface area contributed by atoms with E-state index >= 15 is 0 Å². The highest BCUT2D eigenvalue weighted by Gasteiger charge is 2.22. The number of carboxylic acids is 1. The molecule has 0 aliphatic heterocycles. The lowest BCUT2D eigenvalue weighted by Gasteiger charge is -2.17. The first kappa shape index (κ1) is 19.6. The normalized spacial score (nSPS) is 11.4. The lowest BCUT2D eigenvalue weighted by atomic mass is 10.1. The summed E-state index contributed by atoms with van der Waals surface area (Å²) >= 11 is 0. The first-order valence-corrected chi connectivity index (χ1v) is 9.12. The summed E-state index contributed by atoms with van der Waals surface area (Å²) in [5.74, 6) is 0.268. The van der Waals surface area contributed by atoms with Gasteiger partial charge in [-0.15, -0.1) is 0 Å². The van der Waals surface area contributed by atoms with Crippen molar-refractivity contribution in [1.82, 2.24) is 19.7 Å². The third-order valence-corrected chi connectivity index (χ3v) is 4.61. The van der Waals surface area contributed by atoms with E-state index in [2.05, 4.69) is 5.10 Å². The maximum Gasteiger partial charge on any atom is 0.305 e. The van der Waals surface area contributed by atoms with E-state index in [-0.39, 0.29) is 24.9 Å². The topological polar surface area (TPSA) is 101 Å². The van der Waals surface area contributed by atoms with Crippen molar-refractivity contribution in [2.45, 2.75) is 40.2 Å². The number of carbonyl (C=O) groups is 2. The van der Waals surface area contributed by atoms with Crippen LogP contribution < -0.4 is 0 Å². The van der Waals surface area contributed by atoms with Crippen molar-refractivity contribution < 1.29 is 19.1 Å². The third kappa shape index (κ3) is 3.62. The molecular weight excluding hydrogens is 360 g/mol. The van der Waals surface area contributed by atoms with E-state index in [4.69, 9.17) is 14.5 Å². The average Bonchev–Trinajstić information content (AvgIpc) is 3.20. The quantitative estimate of drug-likeness (QED) is 0.699. The van der Waals surface area contributed by atoms with Gasteiger partial charge < -0.3 is 14.4 Å². The molecule has 28 heavy (non-hydrogen) atoms. The molecule has 0 aromatic carbocycles. The van der Waals surface area contributed by atoms with Crippen molar-refractivity contribution >= 4 is 22.9 Å². The average molecular weight is 384 g/mol. The molecule has 148 valence electrons. The van der Waals surface area contributed by atoms with Crippen molar-refractivity contribution in [3.05, 3.63) is 35.4 Å². The van der Waals surface area contributed by atoms with Gasteiger partial charge in [0.25, 0.3) is 5.91 Å². The Morgan fingerprint density at radius 2 is 2.00 bits per heavy atom. The number of fused-ring (bicyclic) bond motifs is 1. The second kappa shape index (κ2) is 7.46. The number of aromatic nitrogens is 3. The Morgan fingerprint density at radius 3 is 2.57 bits per heavy atom. The molecule has 0 radical (unpaired) electrons. The minimum Gasteiger partial charge on any atom is -0.481 e. The molecule has 1 N–H and O–H groups in total. The molecule has 1 amide bonds. The Bertz CT molecular complexity index is 1050. The largest absolute Gasteiger partial charge is 0.481 e. The number of carboxylic acid groups (broad SMARTS) is 1. The molecule has 0 saturated heterocycles. The molecule has 0 saturated carbocycles. The van der Waals surface area contributed by atoms with Gasteiger partial charge in [-0.3, -0.25) is 9.59 Å². The van der Waals surface area contributed by atoms with Gasteiger partial charge in [0.05, 0.1) is 29.3 Å². The Hall–Kier alpha value is -3.16. The number of hydrogen-bond acceptors (Lipinski definition) is 5. The van der Waals surface area contributed by atoms with Gasteiger partial charge >= 0.3 is 5.97 Å². The van der Waals surface area contributed by atoms with E-state index in [1.54, 1.807) is 24.0 Å². The second-order valence-corrected chi connectivity index (χ2v) is 7.17. The molecule has 0 spiro atoms. The summed E-state index contributed by atoms with van der Waals surface area (Å²) < 4.78 is 7.40. The third-order valence-electron chi connectivity index (χ3n) is 4.61. The van der Waals surface area contributed by atoms with Crippen molar-refractivity contribution in [1.29, 1.82) is 0 Å². The number of nitrogens with zero attached hydrogens (tertiary/aromatic N) is 4. The Balaban J connectivity index is 2.16. The Kier molecular flexibility index (Phi) is 5.22. The minimum absolute atomic E-state index is 0.0696. The van der Waals surface area contributed by atoms with Crippen LogP contribution in [-0.2, 0) is 4.79 Å². The van der Waals surface area contributed by atoms with Crippen LogP contribution >= 0.6 is 0 Å². The molecule has 3 aromatic rings. The minimum atomic E-state index is -0.947. The SMILES string of the molecule is Cc1cc(-c2cc(C(=O)N(C)CCC(=O)O)c3cnn(C(C)C)c3n2)c(C)o1. The fourth-order valence-corrected chi connectivity index (χ4v) is 3.17. The maximum atomic E-state index is 13.1. The molecule has 3 heterocycles. The molecule has 0 bridgehead atoms. The van der Waals surface area contributed by atoms with Crippen molar-refractivity contribution in [2.24, 2.45) is 0 Å². The molecule has 0 atom stereocenters. The van der Waals surface area contributed by atoms with Crippen molar-refractivity contribution in [3.63, 3.8) is 0 Å². The Morgan fingerprint density at radius 1 is 1.29 bits per heavy atom. The molecule has 8 heteroatoms. The molecule has 8 nitrogen and oxygen atoms in total. The zero-order valence-electron chi connectivity index (χ0n) is 16.7. The van der Waals surface area contributed by atoms with Crippen LogP contribution in [0.1, 0.15) is 48.2 Å². The highest BCUT2D eigenvalue weighted by Crippen LogP contribution is 2.30. The summed E-state index contributed by atoms with van der Waals surface area (Å²) in [7, 11) is 1.59. The van der Waals surface area contributed by atoms with E-state index in [0.717, 1.165) is 17.1 Å². The number of pyridine rings is 1. The molecule has 0 fully saturated rings. The van der Waals surface area contributed by atoms with Crippen LogP contribution in [0, 0.1) is 13.8 Å². The number of aliphatic carboxylic acids is 1. The molecule has 0 aliphatic carbocycles. The van der Waals surface area contributed by atoms with E-state index in [1.807, 2.05) is 33.8 Å². The molecule has 3 aromatic heterocycles. The summed E-state index contributed by atoms with van der Waals surface area (Å²) in [6, 6.07) is 3.69. The van der Waals surface area contributed by atoms with Gasteiger partial charge in [0, 0.05) is 25.2 Å². The number of carbonyl (C=O) groups excluding carboxylic acids is 1. The number of furan rings is 1. The lowest BCUT2D eigenvalue weighted by Crippen LogP contribution is -2.29. The van der Waals surface area contributed by atoms with E-state index in [0.29, 0.717) is 22.3 Å². The second-order valence-electron chi connectivity index (χ2n) is 7.17. The lowest BCUT2D eigenvalue weighted by molar-refractivity contribution is -0.137. The number of aryl methyl sites for hydroxylation is 2. The zero-order chi connectivity index (χ0) is 20.6. The summed E-state index contributed by atoms with van der Waals surface area (Å²) in [6.45, 7) is 7.83. The number of amides is 1. The summed E-state index contributed by atoms with van der Waals surface area (Å²) in [4.78, 5) is 30.1. The van der Waals surface area contributed by atoms with Gasteiger partial charge in [0.2, 0.25) is 0 Å². The van der Waals surface area contributed by atoms with Gasteiger partial charge in [-0.2, -0.15) is 5.10 Å². The van der Waals surface area contributed by atoms with E-state index in [1.165, 1.54) is 4.90 Å². The van der Waals surface area contributed by atoms with Crippen LogP contribution in [-0.4, -0.2) is 50.2 Å². The summed E-state index contributed by atoms with van der Waals surface area (Å²) in [5, 5.41) is 13.9. The van der Waals surface area contributed by atoms with Gasteiger partial charge in [-0.1, -0.05) is 0 Å². The Labute approximate surface area is 162 Å². The highest BCUT2D eigenvalue weighted by atomic mass is 16.4. The fourth-order valence-electron chi connectivity index (χ4n) is 3.17. The zero-order valence-corrected chi connectivity index (χ0v) is 16.7. The van der Waals surface area contributed by atoms with Crippen LogP contribution in [0.4, 0.5) is 0 Å². The molecular formula is C20H24N4O4. The van der Waals surface area contributed by atoms with Gasteiger partial charge in [0.1, 0.15) is 11.5 Å². The fraction of sp³-hybridized carbons (Fsp3) is 0.400. The highest BCUT2D eigenvalue weighted by molar-refractivity contribution is 6.06. The van der Waals surface area contributed by atoms with Gasteiger partial charge in [-0.25, -0.2) is 9.67 Å². The number of hydrogen-bond donors (Lipinski definition) is 1. The van der Waals surface area contributed by atoms with Crippen molar-refractivity contribution in [2.75, 3.05) is 13.6 Å². The molecule has 0 aliphatic rings. The van der Waals surface area contributed by atoms with Crippen LogP contribution in [0.5, 0.6) is 0 Å². The summed E-state index contributed by atoms with van der Waals surface area (Å²) in [5.41, 5.74) is 2.50. The van der Waals surface area contributed by atoms with Crippen LogP contribution in [0.2, 0.25) is 0 Å². The maximum absolute atomic E-state index is 13.1. The molecule has 0 unspecified atom stereocenters. The molecule has 3 rings (SSSR count). The van der Waals surface area contributed by atoms with Gasteiger partial charge in [0.15, 0.2) is 5.65 Å². The predicted octanol–water partition coefficient (Wildman–Crippen LogP) is 3.44. The van der Waals surface area contributed by atoms with E-state index < -0.39 is 5.97 Å². The monoisotopic (exact) mass is 384 g/mol. The van der Waals surface area contributed by atoms with Crippen LogP contribution in [0.25, 0.3) is 22.3 Å². The van der Waals surface area contributed by atoms with Crippen LogP contribution in [0.3, 0.4) is 0 Å². The van der Waals surface area contributed by atoms with E-state index in [9.17, 15) is 9.59 Å². The van der Waals surface area contributed by atoms with Gasteiger partial charge in [-0.05, 0) is 39.8 Å². The van der Waals surface area contributed by atoms with Crippen molar-refractivity contribution in [3.8, 4) is 11.3 Å². The standard InChI is InChI=1S/C20H24N4O4/c1-11(2)24-19-16(10-21-24)15(20(27)23(5)7-6-18(25)26)9-17(22-19)14-8-12(3)28-13(14)4/h8-11H,6-7H2,1-5H3,(H,25,26). The smallest absolute Gasteiger partial charge is 0.305 e. The predicted molar refractivity (Wildman–Crippen MR) is 104 cm³/mol. The number of rotatable bonds is 6. The summed E-state index contributed by atoms with van der Waals surface area (Å²) in [6.07, 6.45) is 1.52. The van der Waals surface area contributed by atoms with Crippen LogP contribution in [0.15, 0.2) is 22.7 Å².